The van der Waals surface area contributed by atoms with E-state index in [1.807, 2.05) is 46.0 Å². The highest BCUT2D eigenvalue weighted by Crippen LogP contribution is 2.21. The molecule has 1 amide bonds. The highest BCUT2D eigenvalue weighted by molar-refractivity contribution is 6.30. The van der Waals surface area contributed by atoms with E-state index >= 15 is 0 Å². The van der Waals surface area contributed by atoms with Crippen LogP contribution in [-0.4, -0.2) is 47.8 Å². The van der Waals surface area contributed by atoms with Crippen LogP contribution >= 0.6 is 11.6 Å². The molecule has 126 valence electrons. The molecule has 0 N–H and O–H groups in total. The lowest BCUT2D eigenvalue weighted by molar-refractivity contribution is -0.131. The third-order valence-corrected chi connectivity index (χ3v) is 4.59. The van der Waals surface area contributed by atoms with E-state index in [2.05, 4.69) is 4.90 Å². The first-order chi connectivity index (χ1) is 11.7. The number of nitrogens with zero attached hydrogens (tertiary/aromatic N) is 3. The molecule has 0 radical (unpaired) electrons. The van der Waals surface area contributed by atoms with Crippen LogP contribution in [0, 0.1) is 0 Å². The quantitative estimate of drug-likeness (QED) is 0.783. The van der Waals surface area contributed by atoms with Crippen LogP contribution in [-0.2, 0) is 11.3 Å². The van der Waals surface area contributed by atoms with E-state index in [-0.39, 0.29) is 5.91 Å². The van der Waals surface area contributed by atoms with Crippen molar-refractivity contribution in [3.8, 4) is 0 Å². The van der Waals surface area contributed by atoms with Crippen molar-refractivity contribution >= 4 is 29.5 Å². The van der Waals surface area contributed by atoms with E-state index in [0.717, 1.165) is 30.1 Å². The molecule has 24 heavy (non-hydrogen) atoms. The van der Waals surface area contributed by atoms with E-state index < -0.39 is 0 Å². The second-order valence-corrected chi connectivity index (χ2v) is 6.28. The Bertz CT molecular complexity index is 721. The number of carbonyl (C=O) groups excluding carboxylic acids is 2. The molecule has 0 aliphatic carbocycles. The number of halogens is 1. The van der Waals surface area contributed by atoms with Crippen molar-refractivity contribution < 1.29 is 9.59 Å². The number of aromatic nitrogens is 1. The summed E-state index contributed by atoms with van der Waals surface area (Å²) < 4.78 is 1.81. The van der Waals surface area contributed by atoms with Crippen LogP contribution in [0.2, 0.25) is 5.02 Å². The fourth-order valence-electron chi connectivity index (χ4n) is 3.00. The van der Waals surface area contributed by atoms with Crippen LogP contribution in [0.1, 0.15) is 16.9 Å². The molecule has 0 atom stereocenters. The topological polar surface area (TPSA) is 45.6 Å². The zero-order valence-electron chi connectivity index (χ0n) is 13.4. The number of anilines is 1. The Balaban J connectivity index is 1.51. The average molecular weight is 346 g/mol. The van der Waals surface area contributed by atoms with Gasteiger partial charge >= 0.3 is 0 Å². The number of piperazine rings is 1. The molecular formula is C18H20ClN3O2. The summed E-state index contributed by atoms with van der Waals surface area (Å²) in [5.74, 6) is 0.131. The Morgan fingerprint density at radius 1 is 1.12 bits per heavy atom. The maximum absolute atomic E-state index is 12.4. The molecule has 1 aromatic heterocycles. The van der Waals surface area contributed by atoms with Crippen LogP contribution in [0.25, 0.3) is 0 Å². The molecule has 1 aromatic carbocycles. The van der Waals surface area contributed by atoms with Crippen molar-refractivity contribution in [1.82, 2.24) is 9.47 Å². The lowest BCUT2D eigenvalue weighted by Crippen LogP contribution is -2.49. The SMILES string of the molecule is O=Cc1cccn1CCC(=O)N1CCN(c2cccc(Cl)c2)CC1. The third kappa shape index (κ3) is 3.79. The van der Waals surface area contributed by atoms with Crippen LogP contribution in [0.3, 0.4) is 0 Å². The molecule has 2 heterocycles. The van der Waals surface area contributed by atoms with Gasteiger partial charge in [-0.15, -0.1) is 0 Å². The van der Waals surface area contributed by atoms with Crippen molar-refractivity contribution in [2.24, 2.45) is 0 Å². The summed E-state index contributed by atoms with van der Waals surface area (Å²) in [6.07, 6.45) is 3.05. The first-order valence-corrected chi connectivity index (χ1v) is 8.44. The molecule has 5 nitrogen and oxygen atoms in total. The Labute approximate surface area is 146 Å². The molecule has 2 aromatic rings. The van der Waals surface area contributed by atoms with Gasteiger partial charge < -0.3 is 14.4 Å². The van der Waals surface area contributed by atoms with Crippen molar-refractivity contribution in [2.75, 3.05) is 31.1 Å². The van der Waals surface area contributed by atoms with Gasteiger partial charge in [0.15, 0.2) is 6.29 Å². The summed E-state index contributed by atoms with van der Waals surface area (Å²) in [6, 6.07) is 11.4. The summed E-state index contributed by atoms with van der Waals surface area (Å²) in [7, 11) is 0. The number of hydrogen-bond acceptors (Lipinski definition) is 3. The molecule has 6 heteroatoms. The van der Waals surface area contributed by atoms with Gasteiger partial charge in [-0.05, 0) is 30.3 Å². The number of hydrogen-bond donors (Lipinski definition) is 0. The predicted octanol–water partition coefficient (Wildman–Crippen LogP) is 2.69. The highest BCUT2D eigenvalue weighted by Gasteiger charge is 2.21. The summed E-state index contributed by atoms with van der Waals surface area (Å²) in [5, 5.41) is 0.726. The van der Waals surface area contributed by atoms with Gasteiger partial charge in [0.25, 0.3) is 0 Å². The minimum absolute atomic E-state index is 0.131. The maximum Gasteiger partial charge on any atom is 0.224 e. The molecule has 1 aliphatic rings. The summed E-state index contributed by atoms with van der Waals surface area (Å²) >= 11 is 6.04. The zero-order valence-corrected chi connectivity index (χ0v) is 14.2. The fourth-order valence-corrected chi connectivity index (χ4v) is 3.18. The molecule has 0 saturated carbocycles. The molecule has 0 unspecified atom stereocenters. The Morgan fingerprint density at radius 3 is 2.62 bits per heavy atom. The first kappa shape index (κ1) is 16.6. The van der Waals surface area contributed by atoms with Gasteiger partial charge in [-0.1, -0.05) is 17.7 Å². The minimum Gasteiger partial charge on any atom is -0.368 e. The van der Waals surface area contributed by atoms with Gasteiger partial charge in [-0.2, -0.15) is 0 Å². The van der Waals surface area contributed by atoms with Crippen molar-refractivity contribution in [1.29, 1.82) is 0 Å². The summed E-state index contributed by atoms with van der Waals surface area (Å²) in [5.41, 5.74) is 1.70. The second kappa shape index (κ2) is 7.53. The summed E-state index contributed by atoms with van der Waals surface area (Å²) in [6.45, 7) is 3.55. The van der Waals surface area contributed by atoms with Crippen LogP contribution in [0.5, 0.6) is 0 Å². The van der Waals surface area contributed by atoms with E-state index in [1.165, 1.54) is 0 Å². The van der Waals surface area contributed by atoms with Crippen LogP contribution in [0.15, 0.2) is 42.6 Å². The zero-order chi connectivity index (χ0) is 16.9. The van der Waals surface area contributed by atoms with E-state index in [1.54, 1.807) is 6.07 Å². The lowest BCUT2D eigenvalue weighted by atomic mass is 10.2. The van der Waals surface area contributed by atoms with Gasteiger partial charge in [0, 0.05) is 56.1 Å². The Hall–Kier alpha value is -2.27. The maximum atomic E-state index is 12.4. The van der Waals surface area contributed by atoms with Gasteiger partial charge in [-0.3, -0.25) is 9.59 Å². The highest BCUT2D eigenvalue weighted by atomic mass is 35.5. The van der Waals surface area contributed by atoms with Gasteiger partial charge in [0.05, 0.1) is 5.69 Å². The fraction of sp³-hybridized carbons (Fsp3) is 0.333. The molecule has 0 bridgehead atoms. The molecule has 1 aliphatic heterocycles. The third-order valence-electron chi connectivity index (χ3n) is 4.36. The first-order valence-electron chi connectivity index (χ1n) is 8.06. The van der Waals surface area contributed by atoms with Crippen LogP contribution < -0.4 is 4.90 Å². The number of aldehydes is 1. The van der Waals surface area contributed by atoms with E-state index in [4.69, 9.17) is 11.6 Å². The summed E-state index contributed by atoms with van der Waals surface area (Å²) in [4.78, 5) is 27.4. The van der Waals surface area contributed by atoms with E-state index in [9.17, 15) is 9.59 Å². The second-order valence-electron chi connectivity index (χ2n) is 5.84. The van der Waals surface area contributed by atoms with Crippen molar-refractivity contribution in [2.45, 2.75) is 13.0 Å². The normalized spacial score (nSPS) is 14.7. The number of rotatable bonds is 5. The Morgan fingerprint density at radius 2 is 1.92 bits per heavy atom. The average Bonchev–Trinajstić information content (AvgIpc) is 3.07. The largest absolute Gasteiger partial charge is 0.368 e. The van der Waals surface area contributed by atoms with Crippen molar-refractivity contribution in [3.05, 3.63) is 53.3 Å². The molecule has 0 spiro atoms. The molecule has 3 rings (SSSR count). The number of aryl methyl sites for hydroxylation is 1. The van der Waals surface area contributed by atoms with E-state index in [0.29, 0.717) is 31.7 Å². The molecule has 1 saturated heterocycles. The van der Waals surface area contributed by atoms with Crippen molar-refractivity contribution in [3.63, 3.8) is 0 Å². The molecular weight excluding hydrogens is 326 g/mol. The smallest absolute Gasteiger partial charge is 0.224 e. The number of carbonyl (C=O) groups is 2. The Kier molecular flexibility index (Phi) is 5.20. The monoisotopic (exact) mass is 345 g/mol. The lowest BCUT2D eigenvalue weighted by Gasteiger charge is -2.36. The molecule has 1 fully saturated rings. The standard InChI is InChI=1S/C18H20ClN3O2/c19-15-3-1-4-16(13-15)21-9-11-22(12-10-21)18(24)6-8-20-7-2-5-17(20)14-23/h1-5,7,13-14H,6,8-12H2. The number of amides is 1. The van der Waals surface area contributed by atoms with Gasteiger partial charge in [-0.25, -0.2) is 0 Å². The van der Waals surface area contributed by atoms with Gasteiger partial charge in [0.1, 0.15) is 0 Å². The predicted molar refractivity (Wildman–Crippen MR) is 94.7 cm³/mol. The number of benzene rings is 1. The minimum atomic E-state index is 0.131. The van der Waals surface area contributed by atoms with Gasteiger partial charge in [0.2, 0.25) is 5.91 Å². The van der Waals surface area contributed by atoms with Crippen LogP contribution in [0.4, 0.5) is 5.69 Å².